The lowest BCUT2D eigenvalue weighted by molar-refractivity contribution is -0.134. The van der Waals surface area contributed by atoms with E-state index in [1.807, 2.05) is 12.1 Å². The monoisotopic (exact) mass is 271 g/mol. The molecule has 2 aromatic rings. The Hall–Kier alpha value is -2.63. The van der Waals surface area contributed by atoms with E-state index in [2.05, 4.69) is 15.6 Å². The van der Waals surface area contributed by atoms with Crippen LogP contribution in [0.25, 0.3) is 10.9 Å². The van der Waals surface area contributed by atoms with Gasteiger partial charge in [-0.05, 0) is 24.6 Å². The van der Waals surface area contributed by atoms with Gasteiger partial charge in [-0.15, -0.1) is 0 Å². The Bertz CT molecular complexity index is 705. The van der Waals surface area contributed by atoms with Crippen molar-refractivity contribution in [3.8, 4) is 0 Å². The van der Waals surface area contributed by atoms with E-state index in [0.717, 1.165) is 10.9 Å². The first kappa shape index (κ1) is 12.4. The van der Waals surface area contributed by atoms with Gasteiger partial charge in [-0.2, -0.15) is 0 Å². The Morgan fingerprint density at radius 2 is 2.10 bits per heavy atom. The lowest BCUT2D eigenvalue weighted by atomic mass is 10.0. The topological polar surface area (TPSA) is 91.1 Å². The quantitative estimate of drug-likeness (QED) is 0.702. The number of imide groups is 1. The lowest BCUT2D eigenvalue weighted by Gasteiger charge is -2.21. The average molecular weight is 271 g/mol. The van der Waals surface area contributed by atoms with Gasteiger partial charge in [0, 0.05) is 29.1 Å². The predicted molar refractivity (Wildman–Crippen MR) is 71.9 cm³/mol. The van der Waals surface area contributed by atoms with Crippen LogP contribution in [0.5, 0.6) is 0 Å². The smallest absolute Gasteiger partial charge is 0.252 e. The second kappa shape index (κ2) is 4.80. The molecule has 0 aliphatic carbocycles. The molecule has 0 bridgehead atoms. The Balaban J connectivity index is 1.81. The number of piperidine rings is 1. The summed E-state index contributed by atoms with van der Waals surface area (Å²) in [5, 5.41) is 5.69. The van der Waals surface area contributed by atoms with Crippen molar-refractivity contribution >= 4 is 28.6 Å². The minimum absolute atomic E-state index is 0.241. The van der Waals surface area contributed by atoms with Crippen molar-refractivity contribution in [2.45, 2.75) is 18.9 Å². The molecular weight excluding hydrogens is 258 g/mol. The molecule has 2 heterocycles. The van der Waals surface area contributed by atoms with Crippen LogP contribution in [-0.4, -0.2) is 28.7 Å². The first-order valence-corrected chi connectivity index (χ1v) is 6.36. The van der Waals surface area contributed by atoms with Crippen LogP contribution in [0.2, 0.25) is 0 Å². The van der Waals surface area contributed by atoms with Gasteiger partial charge >= 0.3 is 0 Å². The normalized spacial score (nSPS) is 18.9. The SMILES string of the molecule is O=C1CCC(NC(=O)c2cccc3[nH]ccc23)C(=O)N1. The van der Waals surface area contributed by atoms with E-state index in [1.54, 1.807) is 18.3 Å². The van der Waals surface area contributed by atoms with E-state index in [1.165, 1.54) is 0 Å². The minimum Gasteiger partial charge on any atom is -0.361 e. The molecule has 0 radical (unpaired) electrons. The first-order valence-electron chi connectivity index (χ1n) is 6.36. The molecular formula is C14H13N3O3. The average Bonchev–Trinajstić information content (AvgIpc) is 2.90. The van der Waals surface area contributed by atoms with Crippen LogP contribution in [0.4, 0.5) is 0 Å². The number of nitrogens with one attached hydrogen (secondary N) is 3. The van der Waals surface area contributed by atoms with E-state index < -0.39 is 11.9 Å². The number of carbonyl (C=O) groups excluding carboxylic acids is 3. The fraction of sp³-hybridized carbons (Fsp3) is 0.214. The zero-order valence-corrected chi connectivity index (χ0v) is 10.6. The highest BCUT2D eigenvalue weighted by Crippen LogP contribution is 2.17. The lowest BCUT2D eigenvalue weighted by Crippen LogP contribution is -2.52. The zero-order valence-electron chi connectivity index (χ0n) is 10.6. The van der Waals surface area contributed by atoms with E-state index in [0.29, 0.717) is 12.0 Å². The van der Waals surface area contributed by atoms with E-state index in [-0.39, 0.29) is 18.2 Å². The maximum atomic E-state index is 12.3. The van der Waals surface area contributed by atoms with Crippen molar-refractivity contribution in [3.05, 3.63) is 36.0 Å². The standard InChI is InChI=1S/C14H13N3O3/c18-12-5-4-11(14(20)17-12)16-13(19)9-2-1-3-10-8(9)6-7-15-10/h1-3,6-7,11,15H,4-5H2,(H,16,19)(H,17,18,20). The van der Waals surface area contributed by atoms with Crippen molar-refractivity contribution in [1.29, 1.82) is 0 Å². The van der Waals surface area contributed by atoms with Crippen molar-refractivity contribution in [1.82, 2.24) is 15.6 Å². The van der Waals surface area contributed by atoms with E-state index in [9.17, 15) is 14.4 Å². The van der Waals surface area contributed by atoms with Crippen LogP contribution in [0.1, 0.15) is 23.2 Å². The van der Waals surface area contributed by atoms with E-state index in [4.69, 9.17) is 0 Å². The molecule has 1 atom stereocenters. The molecule has 20 heavy (non-hydrogen) atoms. The maximum Gasteiger partial charge on any atom is 0.252 e. The van der Waals surface area contributed by atoms with Gasteiger partial charge in [0.15, 0.2) is 0 Å². The van der Waals surface area contributed by atoms with Gasteiger partial charge in [0.2, 0.25) is 11.8 Å². The van der Waals surface area contributed by atoms with Crippen LogP contribution >= 0.6 is 0 Å². The summed E-state index contributed by atoms with van der Waals surface area (Å²) in [6.45, 7) is 0. The number of hydrogen-bond donors (Lipinski definition) is 3. The highest BCUT2D eigenvalue weighted by molar-refractivity contribution is 6.09. The largest absolute Gasteiger partial charge is 0.361 e. The Morgan fingerprint density at radius 3 is 2.90 bits per heavy atom. The van der Waals surface area contributed by atoms with Crippen LogP contribution < -0.4 is 10.6 Å². The third-order valence-electron chi connectivity index (χ3n) is 3.38. The molecule has 1 unspecified atom stereocenters. The molecule has 1 saturated heterocycles. The van der Waals surface area contributed by atoms with Gasteiger partial charge < -0.3 is 10.3 Å². The van der Waals surface area contributed by atoms with Gasteiger partial charge in [-0.3, -0.25) is 19.7 Å². The van der Waals surface area contributed by atoms with Crippen LogP contribution in [0.15, 0.2) is 30.5 Å². The minimum atomic E-state index is -0.658. The Kier molecular flexibility index (Phi) is 2.98. The number of amides is 3. The van der Waals surface area contributed by atoms with Gasteiger partial charge in [0.25, 0.3) is 5.91 Å². The fourth-order valence-electron chi connectivity index (χ4n) is 2.35. The number of H-pyrrole nitrogens is 1. The molecule has 0 saturated carbocycles. The zero-order chi connectivity index (χ0) is 14.1. The summed E-state index contributed by atoms with van der Waals surface area (Å²) >= 11 is 0. The highest BCUT2D eigenvalue weighted by Gasteiger charge is 2.28. The molecule has 1 aliphatic rings. The van der Waals surface area contributed by atoms with Crippen molar-refractivity contribution in [2.24, 2.45) is 0 Å². The molecule has 1 aromatic heterocycles. The fourth-order valence-corrected chi connectivity index (χ4v) is 2.35. The summed E-state index contributed by atoms with van der Waals surface area (Å²) in [4.78, 5) is 38.0. The van der Waals surface area contributed by atoms with Gasteiger partial charge in [-0.1, -0.05) is 6.07 Å². The Labute approximate surface area is 114 Å². The second-order valence-electron chi connectivity index (χ2n) is 4.72. The second-order valence-corrected chi connectivity index (χ2v) is 4.72. The summed E-state index contributed by atoms with van der Waals surface area (Å²) in [6, 6.07) is 6.51. The van der Waals surface area contributed by atoms with Gasteiger partial charge in [0.05, 0.1) is 0 Å². The number of benzene rings is 1. The number of hydrogen-bond acceptors (Lipinski definition) is 3. The summed E-state index contributed by atoms with van der Waals surface area (Å²) in [5.41, 5.74) is 1.37. The molecule has 1 fully saturated rings. The molecule has 6 heteroatoms. The summed E-state index contributed by atoms with van der Waals surface area (Å²) in [5.74, 6) is -1.06. The summed E-state index contributed by atoms with van der Waals surface area (Å²) in [6.07, 6.45) is 2.33. The number of aromatic amines is 1. The van der Waals surface area contributed by atoms with Gasteiger partial charge in [0.1, 0.15) is 6.04 Å². The van der Waals surface area contributed by atoms with E-state index >= 15 is 0 Å². The first-order chi connectivity index (χ1) is 9.65. The van der Waals surface area contributed by atoms with Crippen molar-refractivity contribution in [2.75, 3.05) is 0 Å². The molecule has 3 rings (SSSR count). The number of carbonyl (C=O) groups is 3. The summed E-state index contributed by atoms with van der Waals surface area (Å²) < 4.78 is 0. The summed E-state index contributed by atoms with van der Waals surface area (Å²) in [7, 11) is 0. The third-order valence-corrected chi connectivity index (χ3v) is 3.38. The van der Waals surface area contributed by atoms with Crippen molar-refractivity contribution < 1.29 is 14.4 Å². The van der Waals surface area contributed by atoms with Crippen molar-refractivity contribution in [3.63, 3.8) is 0 Å². The third kappa shape index (κ3) is 2.16. The highest BCUT2D eigenvalue weighted by atomic mass is 16.2. The van der Waals surface area contributed by atoms with Crippen LogP contribution in [0.3, 0.4) is 0 Å². The molecule has 3 N–H and O–H groups in total. The molecule has 102 valence electrons. The maximum absolute atomic E-state index is 12.3. The molecule has 1 aromatic carbocycles. The predicted octanol–water partition coefficient (Wildman–Crippen LogP) is 0.703. The Morgan fingerprint density at radius 1 is 1.25 bits per heavy atom. The number of fused-ring (bicyclic) bond motifs is 1. The molecule has 3 amide bonds. The van der Waals surface area contributed by atoms with Gasteiger partial charge in [-0.25, -0.2) is 0 Å². The molecule has 0 spiro atoms. The van der Waals surface area contributed by atoms with Crippen LogP contribution in [-0.2, 0) is 9.59 Å². The number of rotatable bonds is 2. The molecule has 1 aliphatic heterocycles. The molecule has 6 nitrogen and oxygen atoms in total. The van der Waals surface area contributed by atoms with Crippen LogP contribution in [0, 0.1) is 0 Å². The number of aromatic nitrogens is 1.